The number of hydrogen-bond donors (Lipinski definition) is 1. The topological polar surface area (TPSA) is 55.4 Å². The average molecular weight is 442 g/mol. The van der Waals surface area contributed by atoms with Gasteiger partial charge in [-0.3, -0.25) is 4.79 Å². The van der Waals surface area contributed by atoms with Crippen LogP contribution in [0.25, 0.3) is 0 Å². The minimum Gasteiger partial charge on any atom is -0.460 e. The van der Waals surface area contributed by atoms with Crippen molar-refractivity contribution in [2.75, 3.05) is 0 Å². The van der Waals surface area contributed by atoms with Crippen LogP contribution in [0.3, 0.4) is 0 Å². The number of benzene rings is 1. The van der Waals surface area contributed by atoms with Crippen LogP contribution in [0.5, 0.6) is 0 Å². The van der Waals surface area contributed by atoms with Crippen LogP contribution in [0.4, 0.5) is 0 Å². The Morgan fingerprint density at radius 3 is 2.70 bits per heavy atom. The van der Waals surface area contributed by atoms with Crippen LogP contribution in [0.2, 0.25) is 5.02 Å². The van der Waals surface area contributed by atoms with Crippen molar-refractivity contribution in [3.05, 3.63) is 79.8 Å². The summed E-state index contributed by atoms with van der Waals surface area (Å²) >= 11 is 7.94. The second-order valence-electron chi connectivity index (χ2n) is 8.04. The van der Waals surface area contributed by atoms with Crippen LogP contribution < -0.4 is 5.32 Å². The molecule has 4 nitrogen and oxygen atoms in total. The van der Waals surface area contributed by atoms with E-state index in [2.05, 4.69) is 11.4 Å². The molecule has 2 unspecified atom stereocenters. The molecule has 1 aliphatic carbocycles. The lowest BCUT2D eigenvalue weighted by atomic mass is 9.72. The summed E-state index contributed by atoms with van der Waals surface area (Å²) in [5.41, 5.74) is 3.59. The molecule has 0 radical (unpaired) electrons. The molecule has 1 aromatic heterocycles. The van der Waals surface area contributed by atoms with Gasteiger partial charge in [0.2, 0.25) is 0 Å². The molecule has 2 aromatic rings. The summed E-state index contributed by atoms with van der Waals surface area (Å²) in [5, 5.41) is 5.98. The van der Waals surface area contributed by atoms with Crippen molar-refractivity contribution in [2.24, 2.45) is 0 Å². The molecule has 6 heteroatoms. The predicted molar refractivity (Wildman–Crippen MR) is 120 cm³/mol. The quantitative estimate of drug-likeness (QED) is 0.617. The fourth-order valence-corrected chi connectivity index (χ4v) is 5.36. The second kappa shape index (κ2) is 8.40. The fraction of sp³-hybridized carbons (Fsp3) is 0.333. The molecular formula is C24H24ClNO3S. The predicted octanol–water partition coefficient (Wildman–Crippen LogP) is 5.71. The summed E-state index contributed by atoms with van der Waals surface area (Å²) in [7, 11) is 0. The van der Waals surface area contributed by atoms with E-state index in [4.69, 9.17) is 16.3 Å². The molecule has 156 valence electrons. The molecule has 1 aliphatic heterocycles. The molecule has 4 rings (SSSR count). The lowest BCUT2D eigenvalue weighted by molar-refractivity contribution is -0.143. The molecule has 0 bridgehead atoms. The first-order chi connectivity index (χ1) is 14.3. The zero-order valence-electron chi connectivity index (χ0n) is 17.2. The SMILES string of the molecule is CC1=C(C(=O)OC(C)C)C(c2cccc(Cl)c2)C2=C(CC(c3cccs3)CC2=O)N1. The Bertz CT molecular complexity index is 1050. The van der Waals surface area contributed by atoms with E-state index < -0.39 is 11.9 Å². The third-order valence-electron chi connectivity index (χ3n) is 5.52. The van der Waals surface area contributed by atoms with Gasteiger partial charge in [0.05, 0.1) is 11.7 Å². The Balaban J connectivity index is 1.81. The van der Waals surface area contributed by atoms with Crippen LogP contribution in [-0.2, 0) is 14.3 Å². The van der Waals surface area contributed by atoms with Crippen molar-refractivity contribution >= 4 is 34.7 Å². The van der Waals surface area contributed by atoms with Crippen molar-refractivity contribution in [2.45, 2.75) is 51.6 Å². The van der Waals surface area contributed by atoms with E-state index >= 15 is 0 Å². The van der Waals surface area contributed by atoms with E-state index in [-0.39, 0.29) is 17.8 Å². The van der Waals surface area contributed by atoms with Crippen molar-refractivity contribution in [3.8, 4) is 0 Å². The number of carbonyl (C=O) groups excluding carboxylic acids is 2. The Morgan fingerprint density at radius 2 is 2.03 bits per heavy atom. The number of ketones is 1. The van der Waals surface area contributed by atoms with Crippen LogP contribution in [-0.4, -0.2) is 17.9 Å². The van der Waals surface area contributed by atoms with Gasteiger partial charge in [-0.25, -0.2) is 4.79 Å². The molecule has 2 heterocycles. The van der Waals surface area contributed by atoms with E-state index in [1.165, 1.54) is 4.88 Å². The first-order valence-electron chi connectivity index (χ1n) is 10.1. The Morgan fingerprint density at radius 1 is 1.23 bits per heavy atom. The highest BCUT2D eigenvalue weighted by molar-refractivity contribution is 7.10. The molecule has 2 atom stereocenters. The molecule has 1 aromatic carbocycles. The molecule has 30 heavy (non-hydrogen) atoms. The van der Waals surface area contributed by atoms with Crippen LogP contribution in [0.1, 0.15) is 55.9 Å². The molecule has 0 saturated carbocycles. The minimum absolute atomic E-state index is 0.0643. The minimum atomic E-state index is -0.483. The maximum atomic E-state index is 13.4. The highest BCUT2D eigenvalue weighted by Crippen LogP contribution is 2.46. The number of thiophene rings is 1. The zero-order chi connectivity index (χ0) is 21.4. The number of hydrogen-bond acceptors (Lipinski definition) is 5. The number of esters is 1. The lowest BCUT2D eigenvalue weighted by Gasteiger charge is -2.36. The van der Waals surface area contributed by atoms with E-state index in [1.807, 2.05) is 50.4 Å². The highest BCUT2D eigenvalue weighted by Gasteiger charge is 2.41. The van der Waals surface area contributed by atoms with Gasteiger partial charge in [0.1, 0.15) is 0 Å². The summed E-state index contributed by atoms with van der Waals surface area (Å²) in [6.07, 6.45) is 0.921. The molecule has 0 fully saturated rings. The third-order valence-corrected chi connectivity index (χ3v) is 6.79. The van der Waals surface area contributed by atoms with Gasteiger partial charge in [0, 0.05) is 45.1 Å². The number of rotatable bonds is 4. The van der Waals surface area contributed by atoms with Crippen molar-refractivity contribution in [1.29, 1.82) is 0 Å². The van der Waals surface area contributed by atoms with Gasteiger partial charge >= 0.3 is 5.97 Å². The van der Waals surface area contributed by atoms with Gasteiger partial charge < -0.3 is 10.1 Å². The number of carbonyl (C=O) groups is 2. The van der Waals surface area contributed by atoms with Gasteiger partial charge in [-0.2, -0.15) is 0 Å². The Hall–Kier alpha value is -2.37. The van der Waals surface area contributed by atoms with Crippen molar-refractivity contribution in [1.82, 2.24) is 5.32 Å². The Labute approximate surface area is 185 Å². The number of Topliss-reactive ketones (excluding diaryl/α,β-unsaturated/α-hetero) is 1. The third kappa shape index (κ3) is 3.96. The number of halogens is 1. The number of nitrogens with one attached hydrogen (secondary N) is 1. The largest absolute Gasteiger partial charge is 0.460 e. The van der Waals surface area contributed by atoms with E-state index in [0.29, 0.717) is 22.6 Å². The average Bonchev–Trinajstić information content (AvgIpc) is 3.21. The van der Waals surface area contributed by atoms with Crippen LogP contribution >= 0.6 is 22.9 Å². The summed E-state index contributed by atoms with van der Waals surface area (Å²) in [6, 6.07) is 11.5. The molecule has 2 aliphatic rings. The summed E-state index contributed by atoms with van der Waals surface area (Å²) in [6.45, 7) is 5.51. The highest BCUT2D eigenvalue weighted by atomic mass is 35.5. The standard InChI is InChI=1S/C24H24ClNO3S/c1-13(2)29-24(28)21-14(3)26-18-11-16(20-8-5-9-30-20)12-19(27)23(18)22(21)15-6-4-7-17(25)10-15/h4-10,13,16,22,26H,11-12H2,1-3H3. The molecule has 0 amide bonds. The number of allylic oxidation sites excluding steroid dienone is 3. The van der Waals surface area contributed by atoms with Crippen LogP contribution in [0, 0.1) is 0 Å². The van der Waals surface area contributed by atoms with E-state index in [9.17, 15) is 9.59 Å². The molecule has 1 N–H and O–H groups in total. The maximum absolute atomic E-state index is 13.4. The van der Waals surface area contributed by atoms with E-state index in [1.54, 1.807) is 17.4 Å². The maximum Gasteiger partial charge on any atom is 0.337 e. The summed E-state index contributed by atoms with van der Waals surface area (Å²) < 4.78 is 5.54. The number of dihydropyridines is 1. The number of ether oxygens (including phenoxy) is 1. The second-order valence-corrected chi connectivity index (χ2v) is 9.46. The summed E-state index contributed by atoms with van der Waals surface area (Å²) in [4.78, 5) is 27.6. The van der Waals surface area contributed by atoms with E-state index in [0.717, 1.165) is 23.4 Å². The van der Waals surface area contributed by atoms with Gasteiger partial charge in [-0.15, -0.1) is 11.3 Å². The fourth-order valence-electron chi connectivity index (χ4n) is 4.33. The molecule has 0 spiro atoms. The normalized spacial score (nSPS) is 21.6. The van der Waals surface area contributed by atoms with Gasteiger partial charge in [0.15, 0.2) is 5.78 Å². The zero-order valence-corrected chi connectivity index (χ0v) is 18.8. The van der Waals surface area contributed by atoms with Gasteiger partial charge in [-0.1, -0.05) is 29.8 Å². The van der Waals surface area contributed by atoms with Crippen molar-refractivity contribution < 1.29 is 14.3 Å². The van der Waals surface area contributed by atoms with Crippen molar-refractivity contribution in [3.63, 3.8) is 0 Å². The molecular weight excluding hydrogens is 418 g/mol. The lowest BCUT2D eigenvalue weighted by Crippen LogP contribution is -2.36. The summed E-state index contributed by atoms with van der Waals surface area (Å²) in [5.74, 6) is -0.669. The van der Waals surface area contributed by atoms with Gasteiger partial charge in [-0.05, 0) is 56.3 Å². The first-order valence-corrected chi connectivity index (χ1v) is 11.3. The molecule has 0 saturated heterocycles. The van der Waals surface area contributed by atoms with Gasteiger partial charge in [0.25, 0.3) is 0 Å². The van der Waals surface area contributed by atoms with Crippen LogP contribution in [0.15, 0.2) is 64.3 Å². The first kappa shape index (κ1) is 20.9. The monoisotopic (exact) mass is 441 g/mol. The smallest absolute Gasteiger partial charge is 0.337 e. The Kier molecular flexibility index (Phi) is 5.85.